The van der Waals surface area contributed by atoms with Crippen LogP contribution < -0.4 is 9.47 Å². The molecule has 1 aromatic carbocycles. The number of thioether (sulfide) groups is 1. The maximum absolute atomic E-state index is 12.4. The second-order valence-corrected chi connectivity index (χ2v) is 8.28. The van der Waals surface area contributed by atoms with Crippen LogP contribution in [0.3, 0.4) is 0 Å². The average Bonchev–Trinajstić information content (AvgIpc) is 2.97. The monoisotopic (exact) mass is 545 g/mol. The van der Waals surface area contributed by atoms with E-state index in [2.05, 4.69) is 27.6 Å². The number of aliphatic imine (C=N–C) groups is 1. The molecule has 0 saturated carbocycles. The van der Waals surface area contributed by atoms with Gasteiger partial charge in [-0.15, -0.1) is 0 Å². The highest BCUT2D eigenvalue weighted by molar-refractivity contribution is 14.1. The van der Waals surface area contributed by atoms with Gasteiger partial charge in [0, 0.05) is 6.42 Å². The fraction of sp³-hybridized carbons (Fsp3) is 0.381. The molecule has 30 heavy (non-hydrogen) atoms. The first-order valence-electron chi connectivity index (χ1n) is 9.48. The van der Waals surface area contributed by atoms with Gasteiger partial charge in [0.1, 0.15) is 16.4 Å². The highest BCUT2D eigenvalue weighted by Crippen LogP contribution is 2.41. The summed E-state index contributed by atoms with van der Waals surface area (Å²) in [5.41, 5.74) is 0.646. The minimum Gasteiger partial charge on any atom is -0.506 e. The molecule has 0 aliphatic carbocycles. The van der Waals surface area contributed by atoms with Crippen LogP contribution in [0.4, 0.5) is 0 Å². The second-order valence-electron chi connectivity index (χ2n) is 6.08. The zero-order valence-electron chi connectivity index (χ0n) is 17.3. The van der Waals surface area contributed by atoms with Gasteiger partial charge >= 0.3 is 5.97 Å². The van der Waals surface area contributed by atoms with Crippen molar-refractivity contribution in [1.82, 2.24) is 0 Å². The van der Waals surface area contributed by atoms with Gasteiger partial charge in [-0.2, -0.15) is 0 Å². The van der Waals surface area contributed by atoms with Crippen molar-refractivity contribution in [2.45, 2.75) is 33.6 Å². The number of benzene rings is 1. The molecule has 1 aliphatic heterocycles. The van der Waals surface area contributed by atoms with E-state index >= 15 is 0 Å². The van der Waals surface area contributed by atoms with Gasteiger partial charge in [-0.3, -0.25) is 4.79 Å². The third-order valence-electron chi connectivity index (χ3n) is 3.89. The number of methoxy groups -OCH3 is 1. The summed E-state index contributed by atoms with van der Waals surface area (Å²) < 4.78 is 16.9. The number of aliphatic hydroxyl groups is 1. The number of rotatable bonds is 8. The predicted octanol–water partition coefficient (Wildman–Crippen LogP) is 4.89. The van der Waals surface area contributed by atoms with Crippen LogP contribution in [-0.2, 0) is 14.3 Å². The number of ether oxygens (including phenoxy) is 3. The van der Waals surface area contributed by atoms with Gasteiger partial charge in [0.05, 0.1) is 28.8 Å². The third kappa shape index (κ3) is 5.78. The Morgan fingerprint density at radius 3 is 2.57 bits per heavy atom. The van der Waals surface area contributed by atoms with E-state index in [9.17, 15) is 14.7 Å². The highest BCUT2D eigenvalue weighted by atomic mass is 127. The maximum atomic E-state index is 12.4. The van der Waals surface area contributed by atoms with Crippen LogP contribution in [0.2, 0.25) is 0 Å². The van der Waals surface area contributed by atoms with Crippen LogP contribution in [0, 0.1) is 3.57 Å². The van der Waals surface area contributed by atoms with Gasteiger partial charge in [0.25, 0.3) is 0 Å². The number of hydrogen-bond donors (Lipinski definition) is 1. The molecule has 1 aromatic rings. The Morgan fingerprint density at radius 2 is 1.97 bits per heavy atom. The lowest BCUT2D eigenvalue weighted by molar-refractivity contribution is -0.138. The molecule has 9 heteroatoms. The fourth-order valence-corrected chi connectivity index (χ4v) is 4.54. The summed E-state index contributed by atoms with van der Waals surface area (Å²) in [6, 6.07) is 3.65. The van der Waals surface area contributed by atoms with Crippen LogP contribution >= 0.6 is 34.4 Å². The van der Waals surface area contributed by atoms with Gasteiger partial charge in [0.15, 0.2) is 11.5 Å². The molecular formula is C21H24INO6S. The third-order valence-corrected chi connectivity index (χ3v) is 5.72. The Hall–Kier alpha value is -2.01. The molecule has 1 heterocycles. The predicted molar refractivity (Wildman–Crippen MR) is 126 cm³/mol. The standard InChI is InChI=1S/C21H24INO6S/c1-5-8-16(24)23-20-17(21(26)29-7-3)18(25)15(30-20)11-12-9-13(22)19(27-4)14(10-12)28-6-2/h9-11,25H,5-8H2,1-4H3/b15-11-,23-20?. The van der Waals surface area contributed by atoms with E-state index in [1.807, 2.05) is 19.9 Å². The van der Waals surface area contributed by atoms with E-state index in [1.54, 1.807) is 26.2 Å². The molecule has 1 N–H and O–H groups in total. The molecule has 0 radical (unpaired) electrons. The van der Waals surface area contributed by atoms with Gasteiger partial charge in [0.2, 0.25) is 5.91 Å². The number of esters is 1. The number of halogens is 1. The van der Waals surface area contributed by atoms with Crippen LogP contribution in [0.5, 0.6) is 11.5 Å². The Labute approximate surface area is 193 Å². The van der Waals surface area contributed by atoms with Gasteiger partial charge in [-0.05, 0) is 66.6 Å². The summed E-state index contributed by atoms with van der Waals surface area (Å²) >= 11 is 3.20. The molecule has 7 nitrogen and oxygen atoms in total. The van der Waals surface area contributed by atoms with Crippen LogP contribution in [-0.4, -0.2) is 42.4 Å². The maximum Gasteiger partial charge on any atom is 0.344 e. The summed E-state index contributed by atoms with van der Waals surface area (Å²) in [7, 11) is 1.57. The van der Waals surface area contributed by atoms with Gasteiger partial charge < -0.3 is 19.3 Å². The molecule has 0 aromatic heterocycles. The van der Waals surface area contributed by atoms with Crippen LogP contribution in [0.15, 0.2) is 33.4 Å². The van der Waals surface area contributed by atoms with Gasteiger partial charge in [-0.25, -0.2) is 9.79 Å². The highest BCUT2D eigenvalue weighted by Gasteiger charge is 2.33. The molecule has 0 fully saturated rings. The van der Waals surface area contributed by atoms with Crippen molar-refractivity contribution >= 4 is 57.3 Å². The van der Waals surface area contributed by atoms with Crippen molar-refractivity contribution in [1.29, 1.82) is 0 Å². The number of aliphatic hydroxyl groups excluding tert-OH is 1. The Balaban J connectivity index is 2.52. The molecule has 1 amide bonds. The van der Waals surface area contributed by atoms with Crippen molar-refractivity contribution in [3.8, 4) is 11.5 Å². The molecule has 0 unspecified atom stereocenters. The normalized spacial score (nSPS) is 16.3. The Kier molecular flexibility index (Phi) is 9.22. The van der Waals surface area contributed by atoms with E-state index in [0.717, 1.165) is 20.9 Å². The van der Waals surface area contributed by atoms with Crippen molar-refractivity contribution in [3.63, 3.8) is 0 Å². The lowest BCUT2D eigenvalue weighted by Gasteiger charge is -2.12. The summed E-state index contributed by atoms with van der Waals surface area (Å²) in [5.74, 6) is -0.132. The topological polar surface area (TPSA) is 94.4 Å². The second kappa shape index (κ2) is 11.4. The fourth-order valence-electron chi connectivity index (χ4n) is 2.66. The summed E-state index contributed by atoms with van der Waals surface area (Å²) in [6.07, 6.45) is 2.60. The van der Waals surface area contributed by atoms with E-state index in [1.165, 1.54) is 0 Å². The molecule has 1 aliphatic rings. The number of hydrogen-bond acceptors (Lipinski definition) is 7. The molecular weight excluding hydrogens is 521 g/mol. The number of nitrogens with zero attached hydrogens (tertiary/aromatic N) is 1. The van der Waals surface area contributed by atoms with Crippen molar-refractivity contribution in [3.05, 3.63) is 37.5 Å². The van der Waals surface area contributed by atoms with Crippen molar-refractivity contribution < 1.29 is 28.9 Å². The van der Waals surface area contributed by atoms with E-state index in [0.29, 0.717) is 29.4 Å². The number of carbonyl (C=O) groups is 2. The zero-order valence-corrected chi connectivity index (χ0v) is 20.3. The largest absolute Gasteiger partial charge is 0.506 e. The first-order chi connectivity index (χ1) is 14.4. The quantitative estimate of drug-likeness (QED) is 0.368. The molecule has 0 atom stereocenters. The molecule has 0 spiro atoms. The molecule has 162 valence electrons. The summed E-state index contributed by atoms with van der Waals surface area (Å²) in [6.45, 7) is 6.02. The molecule has 0 bridgehead atoms. The number of carbonyl (C=O) groups excluding carboxylic acids is 2. The van der Waals surface area contributed by atoms with Crippen LogP contribution in [0.1, 0.15) is 39.2 Å². The first kappa shape index (κ1) is 24.3. The van der Waals surface area contributed by atoms with Crippen molar-refractivity contribution in [2.24, 2.45) is 4.99 Å². The number of amides is 1. The zero-order chi connectivity index (χ0) is 22.3. The summed E-state index contributed by atoms with van der Waals surface area (Å²) in [4.78, 5) is 28.8. The summed E-state index contributed by atoms with van der Waals surface area (Å²) in [5, 5.41) is 10.8. The minimum absolute atomic E-state index is 0.0919. The van der Waals surface area contributed by atoms with Crippen molar-refractivity contribution in [2.75, 3.05) is 20.3 Å². The Morgan fingerprint density at radius 1 is 1.23 bits per heavy atom. The van der Waals surface area contributed by atoms with E-state index in [4.69, 9.17) is 14.2 Å². The Bertz CT molecular complexity index is 922. The lowest BCUT2D eigenvalue weighted by Crippen LogP contribution is -2.14. The molecule has 2 rings (SSSR count). The van der Waals surface area contributed by atoms with E-state index in [-0.39, 0.29) is 35.3 Å². The average molecular weight is 545 g/mol. The lowest BCUT2D eigenvalue weighted by atomic mass is 10.1. The molecule has 0 saturated heterocycles. The van der Waals surface area contributed by atoms with Crippen LogP contribution in [0.25, 0.3) is 6.08 Å². The first-order valence-corrected chi connectivity index (χ1v) is 11.4. The SMILES string of the molecule is CCCC(=O)N=C1S/C(=C\c2cc(I)c(OC)c(OCC)c2)C(O)=C1C(=O)OCC. The van der Waals surface area contributed by atoms with Gasteiger partial charge in [-0.1, -0.05) is 18.7 Å². The smallest absolute Gasteiger partial charge is 0.344 e. The van der Waals surface area contributed by atoms with E-state index < -0.39 is 5.97 Å². The minimum atomic E-state index is -0.715.